The van der Waals surface area contributed by atoms with Crippen LogP contribution in [-0.2, 0) is 10.0 Å². The minimum Gasteiger partial charge on any atom is -0.477 e. The van der Waals surface area contributed by atoms with Crippen LogP contribution in [0.15, 0.2) is 18.3 Å². The van der Waals surface area contributed by atoms with Gasteiger partial charge in [0.1, 0.15) is 5.69 Å². The maximum absolute atomic E-state index is 10.8. The van der Waals surface area contributed by atoms with Gasteiger partial charge in [-0.25, -0.2) is 22.9 Å². The Morgan fingerprint density at radius 2 is 2.18 bits per heavy atom. The molecule has 7 nitrogen and oxygen atoms in total. The molecule has 1 heterocycles. The van der Waals surface area contributed by atoms with Crippen LogP contribution in [0.5, 0.6) is 0 Å². The molecule has 0 radical (unpaired) electrons. The van der Waals surface area contributed by atoms with Crippen LogP contribution in [-0.4, -0.2) is 43.8 Å². The summed E-state index contributed by atoms with van der Waals surface area (Å²) in [6.45, 7) is 0.583. The molecule has 0 aromatic carbocycles. The lowest BCUT2D eigenvalue weighted by Gasteiger charge is -2.06. The third-order valence-electron chi connectivity index (χ3n) is 1.80. The number of sulfonamides is 1. The number of nitrogens with zero attached hydrogens (tertiary/aromatic N) is 1. The van der Waals surface area contributed by atoms with Crippen molar-refractivity contribution in [3.05, 3.63) is 24.0 Å². The van der Waals surface area contributed by atoms with Gasteiger partial charge in [-0.15, -0.1) is 0 Å². The van der Waals surface area contributed by atoms with E-state index >= 15 is 0 Å². The summed E-state index contributed by atoms with van der Waals surface area (Å²) in [5.74, 6) is -1.11. The van der Waals surface area contributed by atoms with Crippen molar-refractivity contribution in [2.75, 3.05) is 24.7 Å². The van der Waals surface area contributed by atoms with E-state index in [1.165, 1.54) is 12.3 Å². The summed E-state index contributed by atoms with van der Waals surface area (Å²) in [5.41, 5.74) is 0.513. The molecule has 1 aromatic heterocycles. The van der Waals surface area contributed by atoms with Crippen molar-refractivity contribution in [1.82, 2.24) is 9.71 Å². The molecule has 17 heavy (non-hydrogen) atoms. The smallest absolute Gasteiger partial charge is 0.354 e. The standard InChI is InChI=1S/C9H13N3O4S/c1-17(15,16)12-5-4-10-7-2-3-11-8(6-7)9(13)14/h2-3,6,12H,4-5H2,1H3,(H,10,11)(H,13,14). The number of aromatic carboxylic acids is 1. The molecule has 3 N–H and O–H groups in total. The molecule has 8 heteroatoms. The first-order valence-corrected chi connectivity index (χ1v) is 6.65. The number of rotatable bonds is 6. The van der Waals surface area contributed by atoms with E-state index in [-0.39, 0.29) is 12.2 Å². The predicted octanol–water partition coefficient (Wildman–Crippen LogP) is -0.259. The van der Waals surface area contributed by atoms with E-state index < -0.39 is 16.0 Å². The predicted molar refractivity (Wildman–Crippen MR) is 62.5 cm³/mol. The van der Waals surface area contributed by atoms with E-state index in [1.54, 1.807) is 6.07 Å². The molecule has 0 bridgehead atoms. The Balaban J connectivity index is 2.47. The number of carboxylic acid groups (broad SMARTS) is 1. The van der Waals surface area contributed by atoms with E-state index in [2.05, 4.69) is 15.0 Å². The fraction of sp³-hybridized carbons (Fsp3) is 0.333. The van der Waals surface area contributed by atoms with Crippen molar-refractivity contribution in [3.63, 3.8) is 0 Å². The molecule has 0 aliphatic heterocycles. The lowest BCUT2D eigenvalue weighted by molar-refractivity contribution is 0.0690. The quantitative estimate of drug-likeness (QED) is 0.607. The first-order chi connectivity index (χ1) is 7.88. The van der Waals surface area contributed by atoms with Crippen molar-refractivity contribution in [3.8, 4) is 0 Å². The summed E-state index contributed by atoms with van der Waals surface area (Å²) >= 11 is 0. The Bertz CT molecular complexity index is 501. The second kappa shape index (κ2) is 5.60. The number of nitrogens with one attached hydrogen (secondary N) is 2. The summed E-state index contributed by atoms with van der Waals surface area (Å²) in [7, 11) is -3.20. The molecular weight excluding hydrogens is 246 g/mol. The van der Waals surface area contributed by atoms with E-state index in [4.69, 9.17) is 5.11 Å². The summed E-state index contributed by atoms with van der Waals surface area (Å²) in [5, 5.41) is 11.6. The molecule has 0 aliphatic carbocycles. The monoisotopic (exact) mass is 259 g/mol. The maximum Gasteiger partial charge on any atom is 0.354 e. The SMILES string of the molecule is CS(=O)(=O)NCCNc1ccnc(C(=O)O)c1. The van der Waals surface area contributed by atoms with Crippen LogP contribution in [0.2, 0.25) is 0 Å². The minimum absolute atomic E-state index is 0.0638. The Labute approximate surface area is 98.9 Å². The lowest BCUT2D eigenvalue weighted by Crippen LogP contribution is -2.27. The number of hydrogen-bond donors (Lipinski definition) is 3. The Morgan fingerprint density at radius 3 is 2.76 bits per heavy atom. The van der Waals surface area contributed by atoms with Crippen LogP contribution < -0.4 is 10.0 Å². The van der Waals surface area contributed by atoms with Crippen LogP contribution in [0.4, 0.5) is 5.69 Å². The van der Waals surface area contributed by atoms with Gasteiger partial charge in [-0.2, -0.15) is 0 Å². The lowest BCUT2D eigenvalue weighted by atomic mass is 10.3. The molecule has 0 amide bonds. The van der Waals surface area contributed by atoms with Gasteiger partial charge in [-0.1, -0.05) is 0 Å². The van der Waals surface area contributed by atoms with Gasteiger partial charge < -0.3 is 10.4 Å². The van der Waals surface area contributed by atoms with Crippen LogP contribution in [0.3, 0.4) is 0 Å². The summed E-state index contributed by atoms with van der Waals surface area (Å²) in [6, 6.07) is 2.98. The highest BCUT2D eigenvalue weighted by molar-refractivity contribution is 7.88. The average molecular weight is 259 g/mol. The molecule has 0 spiro atoms. The van der Waals surface area contributed by atoms with Gasteiger partial charge in [0.25, 0.3) is 0 Å². The highest BCUT2D eigenvalue weighted by Crippen LogP contribution is 2.07. The molecule has 0 saturated heterocycles. The molecule has 94 valence electrons. The Morgan fingerprint density at radius 1 is 1.47 bits per heavy atom. The van der Waals surface area contributed by atoms with Crippen molar-refractivity contribution in [1.29, 1.82) is 0 Å². The maximum atomic E-state index is 10.8. The van der Waals surface area contributed by atoms with Gasteiger partial charge >= 0.3 is 5.97 Å². The highest BCUT2D eigenvalue weighted by atomic mass is 32.2. The van der Waals surface area contributed by atoms with Crippen molar-refractivity contribution >= 4 is 21.7 Å². The molecular formula is C9H13N3O4S. The number of carboxylic acids is 1. The molecule has 0 aliphatic rings. The molecule has 0 saturated carbocycles. The summed E-state index contributed by atoms with van der Waals surface area (Å²) in [6.07, 6.45) is 2.44. The molecule has 1 aromatic rings. The van der Waals surface area contributed by atoms with E-state index in [1.807, 2.05) is 0 Å². The largest absolute Gasteiger partial charge is 0.477 e. The van der Waals surface area contributed by atoms with Gasteiger partial charge in [-0.3, -0.25) is 0 Å². The second-order valence-corrected chi connectivity index (χ2v) is 5.16. The first kappa shape index (κ1) is 13.4. The minimum atomic E-state index is -3.20. The zero-order valence-corrected chi connectivity index (χ0v) is 9.99. The van der Waals surface area contributed by atoms with Gasteiger partial charge in [0.15, 0.2) is 0 Å². The topological polar surface area (TPSA) is 108 Å². The average Bonchev–Trinajstić information content (AvgIpc) is 2.23. The fourth-order valence-corrected chi connectivity index (χ4v) is 1.57. The summed E-state index contributed by atoms with van der Waals surface area (Å²) < 4.78 is 23.8. The Kier molecular flexibility index (Phi) is 4.41. The van der Waals surface area contributed by atoms with Gasteiger partial charge in [0.05, 0.1) is 6.26 Å². The highest BCUT2D eigenvalue weighted by Gasteiger charge is 2.04. The number of carbonyl (C=O) groups is 1. The fourth-order valence-electron chi connectivity index (χ4n) is 1.10. The zero-order chi connectivity index (χ0) is 12.9. The van der Waals surface area contributed by atoms with Gasteiger partial charge in [0.2, 0.25) is 10.0 Å². The number of pyridine rings is 1. The number of anilines is 1. The second-order valence-electron chi connectivity index (χ2n) is 3.33. The molecule has 0 fully saturated rings. The Hall–Kier alpha value is -1.67. The van der Waals surface area contributed by atoms with Crippen molar-refractivity contribution in [2.24, 2.45) is 0 Å². The van der Waals surface area contributed by atoms with E-state index in [0.29, 0.717) is 12.2 Å². The van der Waals surface area contributed by atoms with Crippen LogP contribution in [0.25, 0.3) is 0 Å². The molecule has 1 rings (SSSR count). The van der Waals surface area contributed by atoms with Crippen LogP contribution in [0, 0.1) is 0 Å². The molecule has 0 atom stereocenters. The van der Waals surface area contributed by atoms with E-state index in [0.717, 1.165) is 6.26 Å². The normalized spacial score (nSPS) is 11.1. The van der Waals surface area contributed by atoms with Crippen LogP contribution in [0.1, 0.15) is 10.5 Å². The third-order valence-corrected chi connectivity index (χ3v) is 2.53. The molecule has 0 unspecified atom stereocenters. The third kappa shape index (κ3) is 5.27. The van der Waals surface area contributed by atoms with Crippen molar-refractivity contribution < 1.29 is 18.3 Å². The van der Waals surface area contributed by atoms with Crippen LogP contribution >= 0.6 is 0 Å². The van der Waals surface area contributed by atoms with Crippen molar-refractivity contribution in [2.45, 2.75) is 0 Å². The van der Waals surface area contributed by atoms with Gasteiger partial charge in [0, 0.05) is 25.0 Å². The van der Waals surface area contributed by atoms with E-state index in [9.17, 15) is 13.2 Å². The number of aromatic nitrogens is 1. The summed E-state index contributed by atoms with van der Waals surface area (Å²) in [4.78, 5) is 14.3. The number of hydrogen-bond acceptors (Lipinski definition) is 5. The first-order valence-electron chi connectivity index (χ1n) is 4.76. The zero-order valence-electron chi connectivity index (χ0n) is 9.17. The van der Waals surface area contributed by atoms with Gasteiger partial charge in [-0.05, 0) is 12.1 Å².